The highest BCUT2D eigenvalue weighted by Gasteiger charge is 2.18. The number of aliphatic carboxylic acids is 1. The van der Waals surface area contributed by atoms with Gasteiger partial charge >= 0.3 is 12.0 Å². The molecule has 9 heteroatoms. The van der Waals surface area contributed by atoms with Crippen LogP contribution in [0.1, 0.15) is 0 Å². The summed E-state index contributed by atoms with van der Waals surface area (Å²) in [6.07, 6.45) is 1.38. The number of anilines is 1. The van der Waals surface area contributed by atoms with Crippen LogP contribution in [0.2, 0.25) is 0 Å². The quantitative estimate of drug-likeness (QED) is 0.461. The Hall–Kier alpha value is -2.42. The molecule has 8 nitrogen and oxygen atoms in total. The molecule has 0 aliphatic carbocycles. The monoisotopic (exact) mass is 357 g/mol. The van der Waals surface area contributed by atoms with E-state index < -0.39 is 23.5 Å². The summed E-state index contributed by atoms with van der Waals surface area (Å²) in [6, 6.07) is 3.18. The van der Waals surface area contributed by atoms with Crippen LogP contribution in [0, 0.1) is 10.1 Å². The molecule has 0 aliphatic rings. The molecule has 0 saturated heterocycles. The van der Waals surface area contributed by atoms with Crippen LogP contribution in [0.25, 0.3) is 0 Å². The molecular formula is C12H12BrN3O5. The second kappa shape index (κ2) is 7.39. The van der Waals surface area contributed by atoms with Crippen LogP contribution in [-0.4, -0.2) is 40.0 Å². The molecule has 1 rings (SSSR count). The standard InChI is InChI=1S/C12H12BrN3O5/c1-2-5-15(7-11(17)18)12(19)14-10-6-8(16(20)21)3-4-9(10)13/h2-4,6H,1,5,7H2,(H,14,19)(H,17,18). The first-order valence-corrected chi connectivity index (χ1v) is 6.47. The largest absolute Gasteiger partial charge is 0.480 e. The molecule has 0 fully saturated rings. The molecule has 1 aromatic rings. The third kappa shape index (κ3) is 4.88. The van der Waals surface area contributed by atoms with Crippen molar-refractivity contribution in [3.8, 4) is 0 Å². The molecule has 0 radical (unpaired) electrons. The Kier molecular flexibility index (Phi) is 5.85. The maximum atomic E-state index is 12.0. The van der Waals surface area contributed by atoms with E-state index in [4.69, 9.17) is 5.11 Å². The Morgan fingerprint density at radius 1 is 1.52 bits per heavy atom. The molecule has 0 heterocycles. The molecule has 2 amide bonds. The Labute approximate surface area is 128 Å². The lowest BCUT2D eigenvalue weighted by Gasteiger charge is -2.19. The van der Waals surface area contributed by atoms with Crippen LogP contribution in [0.3, 0.4) is 0 Å². The third-order valence-electron chi connectivity index (χ3n) is 2.37. The summed E-state index contributed by atoms with van der Waals surface area (Å²) < 4.78 is 0.440. The summed E-state index contributed by atoms with van der Waals surface area (Å²) in [6.45, 7) is 2.96. The van der Waals surface area contributed by atoms with E-state index in [-0.39, 0.29) is 17.9 Å². The number of carbonyl (C=O) groups is 2. The fourth-order valence-corrected chi connectivity index (χ4v) is 1.80. The summed E-state index contributed by atoms with van der Waals surface area (Å²) in [5.41, 5.74) is -0.0179. The van der Waals surface area contributed by atoms with Gasteiger partial charge in [0.1, 0.15) is 6.54 Å². The molecule has 0 bridgehead atoms. The predicted molar refractivity (Wildman–Crippen MR) is 79.2 cm³/mol. The van der Waals surface area contributed by atoms with Crippen LogP contribution in [0.15, 0.2) is 35.3 Å². The topological polar surface area (TPSA) is 113 Å². The number of hydrogen-bond donors (Lipinski definition) is 2. The van der Waals surface area contributed by atoms with Crippen LogP contribution in [-0.2, 0) is 4.79 Å². The second-order valence-corrected chi connectivity index (χ2v) is 4.77. The molecular weight excluding hydrogens is 346 g/mol. The van der Waals surface area contributed by atoms with Crippen molar-refractivity contribution < 1.29 is 19.6 Å². The number of urea groups is 1. The highest BCUT2D eigenvalue weighted by atomic mass is 79.9. The van der Waals surface area contributed by atoms with Crippen LogP contribution < -0.4 is 5.32 Å². The van der Waals surface area contributed by atoms with E-state index in [9.17, 15) is 19.7 Å². The number of nitro benzene ring substituents is 1. The van der Waals surface area contributed by atoms with Gasteiger partial charge in [-0.3, -0.25) is 14.9 Å². The Bertz CT molecular complexity index is 590. The van der Waals surface area contributed by atoms with Crippen molar-refractivity contribution in [2.24, 2.45) is 0 Å². The van der Waals surface area contributed by atoms with Gasteiger partial charge in [0, 0.05) is 23.2 Å². The van der Waals surface area contributed by atoms with Crippen molar-refractivity contribution in [2.75, 3.05) is 18.4 Å². The number of carboxylic acids is 1. The number of amides is 2. The van der Waals surface area contributed by atoms with Gasteiger partial charge in [0.05, 0.1) is 10.6 Å². The Morgan fingerprint density at radius 3 is 2.71 bits per heavy atom. The van der Waals surface area contributed by atoms with E-state index in [1.165, 1.54) is 24.3 Å². The maximum absolute atomic E-state index is 12.0. The van der Waals surface area contributed by atoms with Gasteiger partial charge in [-0.25, -0.2) is 4.79 Å². The van der Waals surface area contributed by atoms with Crippen molar-refractivity contribution >= 4 is 39.3 Å². The number of nitrogens with one attached hydrogen (secondary N) is 1. The van der Waals surface area contributed by atoms with Crippen molar-refractivity contribution in [2.45, 2.75) is 0 Å². The molecule has 0 unspecified atom stereocenters. The number of nitro groups is 1. The highest BCUT2D eigenvalue weighted by Crippen LogP contribution is 2.27. The molecule has 2 N–H and O–H groups in total. The van der Waals surface area contributed by atoms with Gasteiger partial charge in [-0.1, -0.05) is 6.08 Å². The van der Waals surface area contributed by atoms with Gasteiger partial charge in [0.15, 0.2) is 0 Å². The molecule has 21 heavy (non-hydrogen) atoms. The van der Waals surface area contributed by atoms with Crippen molar-refractivity contribution in [1.82, 2.24) is 4.90 Å². The van der Waals surface area contributed by atoms with E-state index >= 15 is 0 Å². The number of rotatable bonds is 6. The zero-order chi connectivity index (χ0) is 16.0. The van der Waals surface area contributed by atoms with Gasteiger partial charge in [-0.05, 0) is 22.0 Å². The van der Waals surface area contributed by atoms with Gasteiger partial charge in [0.25, 0.3) is 5.69 Å². The Morgan fingerprint density at radius 2 is 2.19 bits per heavy atom. The minimum Gasteiger partial charge on any atom is -0.480 e. The van der Waals surface area contributed by atoms with E-state index in [0.29, 0.717) is 4.47 Å². The SMILES string of the molecule is C=CCN(CC(=O)O)C(=O)Nc1cc([N+](=O)[O-])ccc1Br. The third-order valence-corrected chi connectivity index (χ3v) is 3.06. The molecule has 1 aromatic carbocycles. The molecule has 112 valence electrons. The maximum Gasteiger partial charge on any atom is 0.323 e. The fourth-order valence-electron chi connectivity index (χ4n) is 1.46. The molecule has 0 aliphatic heterocycles. The van der Waals surface area contributed by atoms with E-state index in [0.717, 1.165) is 4.90 Å². The predicted octanol–water partition coefficient (Wildman–Crippen LogP) is 2.46. The number of halogens is 1. The summed E-state index contributed by atoms with van der Waals surface area (Å²) >= 11 is 3.15. The highest BCUT2D eigenvalue weighted by molar-refractivity contribution is 9.10. The molecule has 0 saturated carbocycles. The lowest BCUT2D eigenvalue weighted by atomic mass is 10.3. The van der Waals surface area contributed by atoms with Crippen molar-refractivity contribution in [3.05, 3.63) is 45.4 Å². The smallest absolute Gasteiger partial charge is 0.323 e. The number of nitrogens with zero attached hydrogens (tertiary/aromatic N) is 2. The first-order chi connectivity index (χ1) is 9.85. The minimum atomic E-state index is -1.18. The molecule has 0 spiro atoms. The first-order valence-electron chi connectivity index (χ1n) is 5.67. The summed E-state index contributed by atoms with van der Waals surface area (Å²) in [5, 5.41) is 21.9. The lowest BCUT2D eigenvalue weighted by Crippen LogP contribution is -2.38. The second-order valence-electron chi connectivity index (χ2n) is 3.91. The van der Waals surface area contributed by atoms with Crippen LogP contribution >= 0.6 is 15.9 Å². The summed E-state index contributed by atoms with van der Waals surface area (Å²) in [5.74, 6) is -1.18. The molecule has 0 aromatic heterocycles. The van der Waals surface area contributed by atoms with E-state index in [1.807, 2.05) is 0 Å². The van der Waals surface area contributed by atoms with Crippen LogP contribution in [0.4, 0.5) is 16.2 Å². The number of carbonyl (C=O) groups excluding carboxylic acids is 1. The minimum absolute atomic E-state index is 0.0324. The first kappa shape index (κ1) is 16.6. The van der Waals surface area contributed by atoms with Crippen molar-refractivity contribution in [1.29, 1.82) is 0 Å². The average molecular weight is 358 g/mol. The number of benzene rings is 1. The summed E-state index contributed by atoms with van der Waals surface area (Å²) in [7, 11) is 0. The number of carboxylic acid groups (broad SMARTS) is 1. The fraction of sp³-hybridized carbons (Fsp3) is 0.167. The van der Waals surface area contributed by atoms with E-state index in [1.54, 1.807) is 0 Å². The van der Waals surface area contributed by atoms with Gasteiger partial charge in [0.2, 0.25) is 0 Å². The lowest BCUT2D eigenvalue weighted by molar-refractivity contribution is -0.384. The van der Waals surface area contributed by atoms with Crippen LogP contribution in [0.5, 0.6) is 0 Å². The van der Waals surface area contributed by atoms with E-state index in [2.05, 4.69) is 27.8 Å². The zero-order valence-corrected chi connectivity index (χ0v) is 12.4. The number of hydrogen-bond acceptors (Lipinski definition) is 4. The number of non-ortho nitro benzene ring substituents is 1. The summed E-state index contributed by atoms with van der Waals surface area (Å²) in [4.78, 5) is 33.8. The average Bonchev–Trinajstić information content (AvgIpc) is 2.40. The van der Waals surface area contributed by atoms with Gasteiger partial charge in [-0.2, -0.15) is 0 Å². The normalized spacial score (nSPS) is 9.76. The zero-order valence-electron chi connectivity index (χ0n) is 10.8. The Balaban J connectivity index is 2.94. The van der Waals surface area contributed by atoms with Crippen molar-refractivity contribution in [3.63, 3.8) is 0 Å². The van der Waals surface area contributed by atoms with Gasteiger partial charge < -0.3 is 15.3 Å². The molecule has 0 atom stereocenters. The van der Waals surface area contributed by atoms with Gasteiger partial charge in [-0.15, -0.1) is 6.58 Å².